The molecule has 11 heteroatoms. The number of methoxy groups -OCH3 is 1. The van der Waals surface area contributed by atoms with E-state index in [1.807, 2.05) is 43.2 Å². The molecule has 6 rings (SSSR count). The zero-order chi connectivity index (χ0) is 34.8. The van der Waals surface area contributed by atoms with Gasteiger partial charge in [-0.3, -0.25) is 9.78 Å². The van der Waals surface area contributed by atoms with Crippen molar-refractivity contribution < 1.29 is 23.8 Å². The highest BCUT2D eigenvalue weighted by Gasteiger charge is 2.35. The second-order valence-corrected chi connectivity index (χ2v) is 15.1. The molecule has 1 unspecified atom stereocenters. The summed E-state index contributed by atoms with van der Waals surface area (Å²) in [4.78, 5) is 24.8. The van der Waals surface area contributed by atoms with Crippen molar-refractivity contribution in [2.45, 2.75) is 58.3 Å². The average Bonchev–Trinajstić information content (AvgIpc) is 3.70. The summed E-state index contributed by atoms with van der Waals surface area (Å²) in [5.41, 5.74) is 3.59. The van der Waals surface area contributed by atoms with Gasteiger partial charge in [-0.2, -0.15) is 16.9 Å². The molecule has 1 aliphatic heterocycles. The SMILES string of the molecule is COCC(Cc1cccc([C@@]2(C)CCCC(C)(C)CSCCc3c(c(F)cc4[nH]ccc34)Oc3ccnc(c3)-c3nc2nn3C)c1)C(=O)O. The highest BCUT2D eigenvalue weighted by atomic mass is 32.2. The van der Waals surface area contributed by atoms with Crippen LogP contribution in [0.25, 0.3) is 22.4 Å². The minimum atomic E-state index is -0.881. The summed E-state index contributed by atoms with van der Waals surface area (Å²) in [5, 5.41) is 15.7. The molecular weight excluding hydrogens is 642 g/mol. The first-order valence-corrected chi connectivity index (χ1v) is 17.9. The maximum atomic E-state index is 15.6. The van der Waals surface area contributed by atoms with Crippen molar-refractivity contribution in [3.8, 4) is 23.0 Å². The van der Waals surface area contributed by atoms with Crippen LogP contribution in [0.15, 0.2) is 60.9 Å². The number of fused-ring (bicyclic) bond motifs is 8. The standard InChI is InChI=1S/C38H44FN5O4S/c1-37(2)13-7-14-38(3,26-9-6-8-24(19-26)18-25(22-47-5)35(45)46)36-42-34(44(4)43-36)32-20-27(10-15-41-32)48-33-29(12-17-49-23-37)28-11-16-40-31(28)21-30(33)39/h6,8-11,15-16,19-21,25,40H,7,12-14,17-18,22-23H2,1-5H3,(H,45,46)/t25?,38-/m1/s1. The lowest BCUT2D eigenvalue weighted by Gasteiger charge is -2.31. The summed E-state index contributed by atoms with van der Waals surface area (Å²) in [6, 6.07) is 15.1. The van der Waals surface area contributed by atoms with Crippen LogP contribution >= 0.6 is 11.8 Å². The predicted octanol–water partition coefficient (Wildman–Crippen LogP) is 7.97. The third kappa shape index (κ3) is 7.52. The number of hydrogen-bond acceptors (Lipinski definition) is 7. The molecule has 9 nitrogen and oxygen atoms in total. The molecule has 2 aromatic carbocycles. The number of aromatic amines is 1. The summed E-state index contributed by atoms with van der Waals surface area (Å²) in [6.07, 6.45) is 7.21. The summed E-state index contributed by atoms with van der Waals surface area (Å²) >= 11 is 1.88. The summed E-state index contributed by atoms with van der Waals surface area (Å²) in [7, 11) is 3.37. The fourth-order valence-corrected chi connectivity index (χ4v) is 7.97. The van der Waals surface area contributed by atoms with Crippen LogP contribution in [-0.4, -0.2) is 61.0 Å². The number of aliphatic carboxylic acids is 1. The van der Waals surface area contributed by atoms with E-state index in [0.717, 1.165) is 58.4 Å². The number of halogens is 1. The molecule has 49 heavy (non-hydrogen) atoms. The number of aromatic nitrogens is 5. The molecule has 0 fully saturated rings. The lowest BCUT2D eigenvalue weighted by Crippen LogP contribution is -2.27. The van der Waals surface area contributed by atoms with E-state index in [4.69, 9.17) is 19.6 Å². The molecule has 0 amide bonds. The van der Waals surface area contributed by atoms with Crippen molar-refractivity contribution in [2.75, 3.05) is 25.2 Å². The van der Waals surface area contributed by atoms with E-state index in [1.54, 1.807) is 23.0 Å². The summed E-state index contributed by atoms with van der Waals surface area (Å²) < 4.78 is 28.9. The number of pyridine rings is 1. The Morgan fingerprint density at radius 2 is 2.02 bits per heavy atom. The number of carbonyl (C=O) groups is 1. The minimum Gasteiger partial charge on any atom is -0.481 e. The Kier molecular flexibility index (Phi) is 10.1. The molecule has 0 radical (unpaired) electrons. The van der Waals surface area contributed by atoms with Crippen molar-refractivity contribution in [2.24, 2.45) is 18.4 Å². The van der Waals surface area contributed by atoms with E-state index in [9.17, 15) is 9.90 Å². The van der Waals surface area contributed by atoms with Crippen LogP contribution in [0.2, 0.25) is 0 Å². The highest BCUT2D eigenvalue weighted by molar-refractivity contribution is 7.99. The molecule has 2 atom stereocenters. The zero-order valence-electron chi connectivity index (χ0n) is 28.8. The van der Waals surface area contributed by atoms with Crippen LogP contribution in [0.5, 0.6) is 11.5 Å². The first-order chi connectivity index (χ1) is 23.5. The molecule has 5 aromatic rings. The van der Waals surface area contributed by atoms with Gasteiger partial charge in [0.15, 0.2) is 23.2 Å². The largest absolute Gasteiger partial charge is 0.481 e. The van der Waals surface area contributed by atoms with Crippen molar-refractivity contribution >= 4 is 28.6 Å². The highest BCUT2D eigenvalue weighted by Crippen LogP contribution is 2.40. The van der Waals surface area contributed by atoms with Crippen LogP contribution in [0, 0.1) is 17.2 Å². The van der Waals surface area contributed by atoms with Gasteiger partial charge in [-0.05, 0) is 72.8 Å². The van der Waals surface area contributed by atoms with E-state index in [2.05, 4.69) is 42.9 Å². The fraction of sp³-hybridized carbons (Fsp3) is 0.421. The number of thioether (sulfide) groups is 1. The fourth-order valence-electron chi connectivity index (χ4n) is 6.78. The van der Waals surface area contributed by atoms with Gasteiger partial charge in [-0.1, -0.05) is 44.5 Å². The average molecular weight is 686 g/mol. The van der Waals surface area contributed by atoms with Gasteiger partial charge in [-0.15, -0.1) is 0 Å². The molecule has 4 heterocycles. The summed E-state index contributed by atoms with van der Waals surface area (Å²) in [6.45, 7) is 6.91. The van der Waals surface area contributed by atoms with E-state index in [-0.39, 0.29) is 17.8 Å². The van der Waals surface area contributed by atoms with Gasteiger partial charge < -0.3 is 19.6 Å². The molecule has 0 saturated carbocycles. The monoisotopic (exact) mass is 685 g/mol. The Morgan fingerprint density at radius 1 is 1.18 bits per heavy atom. The van der Waals surface area contributed by atoms with E-state index < -0.39 is 23.1 Å². The van der Waals surface area contributed by atoms with Gasteiger partial charge in [0.2, 0.25) is 0 Å². The molecular formula is C38H44FN5O4S. The van der Waals surface area contributed by atoms with Crippen molar-refractivity contribution in [1.29, 1.82) is 0 Å². The Morgan fingerprint density at radius 3 is 2.82 bits per heavy atom. The van der Waals surface area contributed by atoms with E-state index in [0.29, 0.717) is 35.9 Å². The Labute approximate surface area is 290 Å². The third-order valence-electron chi connectivity index (χ3n) is 9.59. The van der Waals surface area contributed by atoms with Gasteiger partial charge >= 0.3 is 5.97 Å². The number of carboxylic acids is 1. The van der Waals surface area contributed by atoms with Crippen LogP contribution in [-0.2, 0) is 34.8 Å². The van der Waals surface area contributed by atoms with Gasteiger partial charge in [0.25, 0.3) is 0 Å². The van der Waals surface area contributed by atoms with E-state index >= 15 is 4.39 Å². The Hall–Kier alpha value is -4.22. The smallest absolute Gasteiger partial charge is 0.309 e. The topological polar surface area (TPSA) is 115 Å². The molecule has 2 N–H and O–H groups in total. The lowest BCUT2D eigenvalue weighted by molar-refractivity contribution is -0.143. The maximum Gasteiger partial charge on any atom is 0.309 e. The van der Waals surface area contributed by atoms with Crippen LogP contribution in [0.3, 0.4) is 0 Å². The Bertz CT molecular complexity index is 1960. The van der Waals surface area contributed by atoms with Gasteiger partial charge in [-0.25, -0.2) is 14.1 Å². The second-order valence-electron chi connectivity index (χ2n) is 14.0. The molecule has 258 valence electrons. The number of aryl methyl sites for hydroxylation is 2. The number of carboxylic acid groups (broad SMARTS) is 1. The molecule has 4 bridgehead atoms. The number of H-pyrrole nitrogens is 1. The second kappa shape index (κ2) is 14.3. The van der Waals surface area contributed by atoms with Crippen LogP contribution < -0.4 is 4.74 Å². The molecule has 1 aliphatic rings. The molecule has 0 spiro atoms. The number of ether oxygens (including phenoxy) is 2. The van der Waals surface area contributed by atoms with Gasteiger partial charge in [0.05, 0.1) is 17.9 Å². The van der Waals surface area contributed by atoms with Gasteiger partial charge in [0, 0.05) is 55.2 Å². The zero-order valence-corrected chi connectivity index (χ0v) is 29.6. The molecule has 0 aliphatic carbocycles. The maximum absolute atomic E-state index is 15.6. The lowest BCUT2D eigenvalue weighted by atomic mass is 9.75. The number of nitrogens with zero attached hydrogens (tertiary/aromatic N) is 4. The van der Waals surface area contributed by atoms with Crippen molar-refractivity contribution in [1.82, 2.24) is 24.7 Å². The minimum absolute atomic E-state index is 0.0580. The molecule has 0 saturated heterocycles. The number of hydrogen-bond donors (Lipinski definition) is 2. The predicted molar refractivity (Wildman–Crippen MR) is 191 cm³/mol. The first kappa shape index (κ1) is 34.6. The number of benzene rings is 2. The van der Waals surface area contributed by atoms with E-state index in [1.165, 1.54) is 13.2 Å². The molecule has 3 aromatic heterocycles. The van der Waals surface area contributed by atoms with Crippen molar-refractivity contribution in [3.63, 3.8) is 0 Å². The number of rotatable bonds is 6. The Balaban J connectivity index is 1.42. The van der Waals surface area contributed by atoms with Crippen LogP contribution in [0.4, 0.5) is 4.39 Å². The summed E-state index contributed by atoms with van der Waals surface area (Å²) in [5.74, 6) is 1.74. The van der Waals surface area contributed by atoms with Gasteiger partial charge in [0.1, 0.15) is 11.4 Å². The van der Waals surface area contributed by atoms with Crippen LogP contribution in [0.1, 0.15) is 62.5 Å². The third-order valence-corrected chi connectivity index (χ3v) is 11.1. The quantitative estimate of drug-likeness (QED) is 0.185. The van der Waals surface area contributed by atoms with Crippen molar-refractivity contribution in [3.05, 3.63) is 89.3 Å². The normalized spacial score (nSPS) is 19.0. The number of nitrogens with one attached hydrogen (secondary N) is 1. The first-order valence-electron chi connectivity index (χ1n) is 16.7.